The molecule has 8 nitrogen and oxygen atoms in total. The molecule has 170 valence electrons. The van der Waals surface area contributed by atoms with Crippen LogP contribution in [-0.2, 0) is 14.3 Å². The van der Waals surface area contributed by atoms with E-state index >= 15 is 0 Å². The largest absolute Gasteiger partial charge is 0.505 e. The third-order valence-corrected chi connectivity index (χ3v) is 6.88. The minimum atomic E-state index is -1.03. The standard InChI is InChI=1S/C22H29FN2O6/c23-17-4-1-3-16(20(17)27)14-5-7-15(8-6-14)31-11-18-22(13-30-12-19(26)24-22)9-2-10-25(18)21(28)29/h1,3-4,14-15,18,27H,2,5-13H2,(H,24,26)(H,28,29). The summed E-state index contributed by atoms with van der Waals surface area (Å²) in [7, 11) is 0. The zero-order valence-electron chi connectivity index (χ0n) is 17.4. The van der Waals surface area contributed by atoms with Crippen LogP contribution in [0.1, 0.15) is 50.0 Å². The van der Waals surface area contributed by atoms with Gasteiger partial charge in [-0.3, -0.25) is 4.79 Å². The molecule has 3 N–H and O–H groups in total. The van der Waals surface area contributed by atoms with Gasteiger partial charge in [0.1, 0.15) is 6.61 Å². The molecule has 3 aliphatic rings. The molecule has 2 saturated heterocycles. The quantitative estimate of drug-likeness (QED) is 0.670. The van der Waals surface area contributed by atoms with Gasteiger partial charge in [-0.15, -0.1) is 0 Å². The van der Waals surface area contributed by atoms with E-state index in [0.717, 1.165) is 25.7 Å². The number of likely N-dealkylation sites (tertiary alicyclic amines) is 1. The minimum absolute atomic E-state index is 0.0145. The first-order valence-electron chi connectivity index (χ1n) is 10.9. The summed E-state index contributed by atoms with van der Waals surface area (Å²) >= 11 is 0. The number of aromatic hydroxyl groups is 1. The Hall–Kier alpha value is -2.39. The highest BCUT2D eigenvalue weighted by Crippen LogP contribution is 2.39. The SMILES string of the molecule is O=C1COCC2(CCCN(C(=O)O)C2COC2CCC(c3cccc(F)c3O)CC2)N1. The van der Waals surface area contributed by atoms with E-state index in [4.69, 9.17) is 9.47 Å². The van der Waals surface area contributed by atoms with E-state index in [-0.39, 0.29) is 43.5 Å². The molecule has 1 aromatic rings. The Bertz CT molecular complexity index is 824. The lowest BCUT2D eigenvalue weighted by Gasteiger charge is -2.50. The van der Waals surface area contributed by atoms with Crippen molar-refractivity contribution in [3.63, 3.8) is 0 Å². The molecule has 1 saturated carbocycles. The lowest BCUT2D eigenvalue weighted by molar-refractivity contribution is -0.143. The van der Waals surface area contributed by atoms with Gasteiger partial charge in [-0.25, -0.2) is 9.18 Å². The average Bonchev–Trinajstić information content (AvgIpc) is 2.75. The highest BCUT2D eigenvalue weighted by Gasteiger charge is 2.49. The number of carbonyl (C=O) groups is 2. The van der Waals surface area contributed by atoms with Crippen LogP contribution in [0.15, 0.2) is 18.2 Å². The van der Waals surface area contributed by atoms with Gasteiger partial charge in [0.05, 0.1) is 30.9 Å². The lowest BCUT2D eigenvalue weighted by atomic mass is 9.80. The van der Waals surface area contributed by atoms with Gasteiger partial charge >= 0.3 is 6.09 Å². The van der Waals surface area contributed by atoms with Gasteiger partial charge in [-0.1, -0.05) is 12.1 Å². The number of morpholine rings is 1. The second kappa shape index (κ2) is 9.00. The van der Waals surface area contributed by atoms with Gasteiger partial charge in [-0.2, -0.15) is 0 Å². The predicted molar refractivity (Wildman–Crippen MR) is 108 cm³/mol. The van der Waals surface area contributed by atoms with Crippen LogP contribution < -0.4 is 5.32 Å². The van der Waals surface area contributed by atoms with Crippen LogP contribution in [0.3, 0.4) is 0 Å². The van der Waals surface area contributed by atoms with Crippen LogP contribution >= 0.6 is 0 Å². The monoisotopic (exact) mass is 436 g/mol. The van der Waals surface area contributed by atoms with Crippen LogP contribution in [0.5, 0.6) is 5.75 Å². The summed E-state index contributed by atoms with van der Waals surface area (Å²) in [4.78, 5) is 25.2. The molecule has 2 unspecified atom stereocenters. The number of piperidine rings is 1. The highest BCUT2D eigenvalue weighted by molar-refractivity contribution is 5.79. The Balaban J connectivity index is 1.39. The Kier molecular flexibility index (Phi) is 6.34. The van der Waals surface area contributed by atoms with Crippen molar-refractivity contribution < 1.29 is 33.7 Å². The first kappa shape index (κ1) is 21.8. The Morgan fingerprint density at radius 3 is 2.81 bits per heavy atom. The zero-order chi connectivity index (χ0) is 22.0. The fraction of sp³-hybridized carbons (Fsp3) is 0.636. The number of benzene rings is 1. The van der Waals surface area contributed by atoms with E-state index < -0.39 is 23.5 Å². The van der Waals surface area contributed by atoms with Gasteiger partial charge in [0.15, 0.2) is 11.6 Å². The normalized spacial score (nSPS) is 31.5. The predicted octanol–water partition coefficient (Wildman–Crippen LogP) is 2.60. The molecule has 9 heteroatoms. The van der Waals surface area contributed by atoms with Crippen molar-refractivity contribution in [1.82, 2.24) is 10.2 Å². The number of amides is 2. The first-order chi connectivity index (χ1) is 14.9. The number of carbonyl (C=O) groups excluding carboxylic acids is 1. The van der Waals surface area contributed by atoms with Crippen molar-refractivity contribution >= 4 is 12.0 Å². The molecule has 0 aromatic heterocycles. The van der Waals surface area contributed by atoms with E-state index in [9.17, 15) is 24.2 Å². The van der Waals surface area contributed by atoms with Gasteiger partial charge in [-0.05, 0) is 50.5 Å². The summed E-state index contributed by atoms with van der Waals surface area (Å²) in [5.41, 5.74) is -0.139. The van der Waals surface area contributed by atoms with Crippen molar-refractivity contribution in [2.45, 2.75) is 62.1 Å². The van der Waals surface area contributed by atoms with E-state index in [0.29, 0.717) is 24.9 Å². The van der Waals surface area contributed by atoms with E-state index in [2.05, 4.69) is 5.32 Å². The van der Waals surface area contributed by atoms with Crippen LogP contribution in [0.2, 0.25) is 0 Å². The van der Waals surface area contributed by atoms with Crippen molar-refractivity contribution in [2.24, 2.45) is 0 Å². The summed E-state index contributed by atoms with van der Waals surface area (Å²) < 4.78 is 25.3. The molecule has 2 aliphatic heterocycles. The average molecular weight is 436 g/mol. The maximum atomic E-state index is 13.7. The first-order valence-corrected chi connectivity index (χ1v) is 10.9. The highest BCUT2D eigenvalue weighted by atomic mass is 19.1. The second-order valence-electron chi connectivity index (χ2n) is 8.78. The van der Waals surface area contributed by atoms with Gasteiger partial charge in [0.25, 0.3) is 0 Å². The third kappa shape index (κ3) is 4.48. The number of phenols is 1. The molecule has 3 fully saturated rings. The molecule has 4 rings (SSSR count). The topological polar surface area (TPSA) is 108 Å². The van der Waals surface area contributed by atoms with E-state index in [1.165, 1.54) is 11.0 Å². The summed E-state index contributed by atoms with van der Waals surface area (Å²) in [6.07, 6.45) is 3.17. The summed E-state index contributed by atoms with van der Waals surface area (Å²) in [5.74, 6) is -1.05. The van der Waals surface area contributed by atoms with Crippen LogP contribution in [0.25, 0.3) is 0 Å². The van der Waals surface area contributed by atoms with E-state index in [1.54, 1.807) is 12.1 Å². The number of ether oxygens (including phenoxy) is 2. The number of rotatable bonds is 4. The molecule has 2 heterocycles. The Morgan fingerprint density at radius 1 is 1.32 bits per heavy atom. The fourth-order valence-corrected chi connectivity index (χ4v) is 5.28. The molecule has 1 aromatic carbocycles. The molecule has 1 aliphatic carbocycles. The van der Waals surface area contributed by atoms with Gasteiger partial charge in [0.2, 0.25) is 5.91 Å². The molecular weight excluding hydrogens is 407 g/mol. The molecule has 0 radical (unpaired) electrons. The van der Waals surface area contributed by atoms with Crippen molar-refractivity contribution in [2.75, 3.05) is 26.4 Å². The Morgan fingerprint density at radius 2 is 2.10 bits per heavy atom. The molecule has 1 spiro atoms. The summed E-state index contributed by atoms with van der Waals surface area (Å²) in [6, 6.07) is 4.09. The number of hydrogen-bond donors (Lipinski definition) is 3. The molecule has 2 amide bonds. The zero-order valence-corrected chi connectivity index (χ0v) is 17.4. The minimum Gasteiger partial charge on any atom is -0.505 e. The summed E-state index contributed by atoms with van der Waals surface area (Å²) in [6.45, 7) is 0.824. The van der Waals surface area contributed by atoms with Crippen LogP contribution in [-0.4, -0.2) is 71.2 Å². The Labute approximate surface area is 180 Å². The maximum Gasteiger partial charge on any atom is 0.407 e. The number of phenolic OH excluding ortho intramolecular Hbond substituents is 1. The molecule has 0 bridgehead atoms. The van der Waals surface area contributed by atoms with Crippen LogP contribution in [0, 0.1) is 5.82 Å². The number of carboxylic acid groups (broad SMARTS) is 1. The molecular formula is C22H29FN2O6. The van der Waals surface area contributed by atoms with Crippen molar-refractivity contribution in [3.8, 4) is 5.75 Å². The van der Waals surface area contributed by atoms with Crippen molar-refractivity contribution in [3.05, 3.63) is 29.6 Å². The lowest BCUT2D eigenvalue weighted by Crippen LogP contribution is -2.71. The summed E-state index contributed by atoms with van der Waals surface area (Å²) in [5, 5.41) is 22.7. The maximum absolute atomic E-state index is 13.7. The third-order valence-electron chi connectivity index (χ3n) is 6.88. The number of nitrogens with one attached hydrogen (secondary N) is 1. The number of hydrogen-bond acceptors (Lipinski definition) is 5. The molecule has 2 atom stereocenters. The second-order valence-corrected chi connectivity index (χ2v) is 8.78. The van der Waals surface area contributed by atoms with Crippen molar-refractivity contribution in [1.29, 1.82) is 0 Å². The number of para-hydroxylation sites is 1. The van der Waals surface area contributed by atoms with Gasteiger partial charge in [0, 0.05) is 12.1 Å². The van der Waals surface area contributed by atoms with Gasteiger partial charge < -0.3 is 29.9 Å². The molecule has 31 heavy (non-hydrogen) atoms. The fourth-order valence-electron chi connectivity index (χ4n) is 5.28. The number of halogens is 1. The van der Waals surface area contributed by atoms with Crippen LogP contribution in [0.4, 0.5) is 9.18 Å². The van der Waals surface area contributed by atoms with E-state index in [1.807, 2.05) is 0 Å². The smallest absolute Gasteiger partial charge is 0.407 e. The number of nitrogens with zero attached hydrogens (tertiary/aromatic N) is 1.